The highest BCUT2D eigenvalue weighted by Gasteiger charge is 2.38. The highest BCUT2D eigenvalue weighted by atomic mass is 19.4. The number of aromatic nitrogens is 2. The molecule has 0 fully saturated rings. The second-order valence-corrected chi connectivity index (χ2v) is 5.99. The average molecular weight is 418 g/mol. The molecule has 0 saturated heterocycles. The SMILES string of the molecule is O=c1c(-c2ccc(OCC(F)(F)F)cc2)c(C(F)(F)F)nc2cc(CO)ccn12. The summed E-state index contributed by atoms with van der Waals surface area (Å²) in [6, 6.07) is 6.66. The summed E-state index contributed by atoms with van der Waals surface area (Å²) in [5, 5.41) is 9.13. The Hall–Kier alpha value is -3.08. The molecular weight excluding hydrogens is 406 g/mol. The van der Waals surface area contributed by atoms with Gasteiger partial charge in [0, 0.05) is 6.20 Å². The van der Waals surface area contributed by atoms with Gasteiger partial charge in [0.2, 0.25) is 0 Å². The van der Waals surface area contributed by atoms with Crippen LogP contribution in [-0.2, 0) is 12.8 Å². The fraction of sp³-hybridized carbons (Fsp3) is 0.222. The van der Waals surface area contributed by atoms with Crippen molar-refractivity contribution in [2.75, 3.05) is 6.61 Å². The van der Waals surface area contributed by atoms with E-state index in [1.165, 1.54) is 12.3 Å². The number of nitrogens with zero attached hydrogens (tertiary/aromatic N) is 2. The maximum absolute atomic E-state index is 13.5. The van der Waals surface area contributed by atoms with Crippen LogP contribution in [0.1, 0.15) is 11.3 Å². The molecule has 0 amide bonds. The molecule has 11 heteroatoms. The number of ether oxygens (including phenoxy) is 1. The highest BCUT2D eigenvalue weighted by Crippen LogP contribution is 2.34. The lowest BCUT2D eigenvalue weighted by molar-refractivity contribution is -0.153. The molecule has 2 heterocycles. The molecular formula is C18H12F6N2O3. The van der Waals surface area contributed by atoms with Gasteiger partial charge in [-0.1, -0.05) is 12.1 Å². The number of halogens is 6. The van der Waals surface area contributed by atoms with Crippen molar-refractivity contribution in [2.45, 2.75) is 19.0 Å². The fourth-order valence-electron chi connectivity index (χ4n) is 2.63. The lowest BCUT2D eigenvalue weighted by Crippen LogP contribution is -2.24. The summed E-state index contributed by atoms with van der Waals surface area (Å²) in [6.07, 6.45) is -8.36. The summed E-state index contributed by atoms with van der Waals surface area (Å²) in [7, 11) is 0. The summed E-state index contributed by atoms with van der Waals surface area (Å²) < 4.78 is 82.7. The number of alkyl halides is 6. The predicted octanol–water partition coefficient (Wildman–Crippen LogP) is 3.81. The van der Waals surface area contributed by atoms with Crippen molar-refractivity contribution in [1.82, 2.24) is 9.38 Å². The number of hydrogen-bond acceptors (Lipinski definition) is 4. The first-order valence-corrected chi connectivity index (χ1v) is 8.03. The van der Waals surface area contributed by atoms with E-state index in [2.05, 4.69) is 9.72 Å². The Bertz CT molecular complexity index is 1090. The van der Waals surface area contributed by atoms with Gasteiger partial charge in [-0.25, -0.2) is 4.98 Å². The number of aliphatic hydroxyl groups is 1. The molecule has 5 nitrogen and oxygen atoms in total. The van der Waals surface area contributed by atoms with Crippen molar-refractivity contribution < 1.29 is 36.2 Å². The second-order valence-electron chi connectivity index (χ2n) is 5.99. The number of aliphatic hydroxyl groups excluding tert-OH is 1. The second kappa shape index (κ2) is 7.39. The van der Waals surface area contributed by atoms with E-state index in [-0.39, 0.29) is 22.5 Å². The average Bonchev–Trinajstić information content (AvgIpc) is 2.65. The van der Waals surface area contributed by atoms with E-state index in [4.69, 9.17) is 5.11 Å². The number of fused-ring (bicyclic) bond motifs is 1. The number of hydrogen-bond donors (Lipinski definition) is 1. The smallest absolute Gasteiger partial charge is 0.434 e. The Morgan fingerprint density at radius 2 is 1.69 bits per heavy atom. The third kappa shape index (κ3) is 4.50. The van der Waals surface area contributed by atoms with Crippen molar-refractivity contribution in [3.63, 3.8) is 0 Å². The molecule has 0 saturated carbocycles. The quantitative estimate of drug-likeness (QED) is 0.655. The van der Waals surface area contributed by atoms with E-state index in [1.807, 2.05) is 0 Å². The molecule has 154 valence electrons. The summed E-state index contributed by atoms with van der Waals surface area (Å²) in [4.78, 5) is 16.2. The zero-order valence-electron chi connectivity index (χ0n) is 14.4. The zero-order chi connectivity index (χ0) is 21.4. The van der Waals surface area contributed by atoms with Gasteiger partial charge in [0.05, 0.1) is 12.2 Å². The van der Waals surface area contributed by atoms with E-state index >= 15 is 0 Å². The van der Waals surface area contributed by atoms with Gasteiger partial charge in [0.15, 0.2) is 12.3 Å². The molecule has 0 unspecified atom stereocenters. The Kier molecular flexibility index (Phi) is 5.26. The molecule has 3 aromatic rings. The van der Waals surface area contributed by atoms with E-state index in [1.54, 1.807) is 0 Å². The molecule has 2 aromatic heterocycles. The lowest BCUT2D eigenvalue weighted by atomic mass is 10.0. The van der Waals surface area contributed by atoms with Crippen LogP contribution in [0.15, 0.2) is 47.4 Å². The topological polar surface area (TPSA) is 63.8 Å². The lowest BCUT2D eigenvalue weighted by Gasteiger charge is -2.14. The summed E-state index contributed by atoms with van der Waals surface area (Å²) in [6.45, 7) is -2.01. The third-order valence-electron chi connectivity index (χ3n) is 3.89. The van der Waals surface area contributed by atoms with Crippen LogP contribution >= 0.6 is 0 Å². The van der Waals surface area contributed by atoms with Crippen LogP contribution in [0.4, 0.5) is 26.3 Å². The fourth-order valence-corrected chi connectivity index (χ4v) is 2.63. The molecule has 0 radical (unpaired) electrons. The number of rotatable bonds is 4. The standard InChI is InChI=1S/C18H12F6N2O3/c19-17(20,21)9-29-12-3-1-11(2-4-12)14-15(18(22,23)24)25-13-7-10(8-27)5-6-26(13)16(14)28/h1-7,27H,8-9H2. The third-order valence-corrected chi connectivity index (χ3v) is 3.89. The molecule has 1 aromatic carbocycles. The molecule has 0 aliphatic heterocycles. The van der Waals surface area contributed by atoms with Crippen LogP contribution in [0.3, 0.4) is 0 Å². The van der Waals surface area contributed by atoms with Crippen LogP contribution in [-0.4, -0.2) is 27.3 Å². The highest BCUT2D eigenvalue weighted by molar-refractivity contribution is 5.68. The van der Waals surface area contributed by atoms with Crippen LogP contribution in [0, 0.1) is 0 Å². The van der Waals surface area contributed by atoms with Gasteiger partial charge in [-0.15, -0.1) is 0 Å². The minimum Gasteiger partial charge on any atom is -0.484 e. The van der Waals surface area contributed by atoms with Gasteiger partial charge in [0.1, 0.15) is 11.4 Å². The summed E-state index contributed by atoms with van der Waals surface area (Å²) >= 11 is 0. The van der Waals surface area contributed by atoms with Crippen molar-refractivity contribution in [1.29, 1.82) is 0 Å². The molecule has 0 spiro atoms. The summed E-state index contributed by atoms with van der Waals surface area (Å²) in [5.74, 6) is -0.221. The first kappa shape index (κ1) is 20.6. The molecule has 0 bridgehead atoms. The minimum atomic E-state index is -4.97. The van der Waals surface area contributed by atoms with Crippen LogP contribution in [0.2, 0.25) is 0 Å². The molecule has 3 rings (SSSR count). The van der Waals surface area contributed by atoms with Gasteiger partial charge in [-0.2, -0.15) is 26.3 Å². The Balaban J connectivity index is 2.13. The van der Waals surface area contributed by atoms with E-state index in [0.29, 0.717) is 0 Å². The Morgan fingerprint density at radius 1 is 1.03 bits per heavy atom. The van der Waals surface area contributed by atoms with Crippen molar-refractivity contribution in [3.8, 4) is 16.9 Å². The Labute approximate surface area is 158 Å². The molecule has 0 atom stereocenters. The van der Waals surface area contributed by atoms with E-state index in [9.17, 15) is 31.1 Å². The maximum atomic E-state index is 13.5. The first-order chi connectivity index (χ1) is 13.5. The van der Waals surface area contributed by atoms with Crippen molar-refractivity contribution in [3.05, 3.63) is 64.2 Å². The first-order valence-electron chi connectivity index (χ1n) is 8.03. The monoisotopic (exact) mass is 418 g/mol. The van der Waals surface area contributed by atoms with Crippen LogP contribution in [0.5, 0.6) is 5.75 Å². The van der Waals surface area contributed by atoms with Crippen molar-refractivity contribution >= 4 is 5.65 Å². The summed E-state index contributed by atoms with van der Waals surface area (Å²) in [5.41, 5.74) is -3.44. The molecule has 0 aliphatic carbocycles. The molecule has 1 N–H and O–H groups in total. The maximum Gasteiger partial charge on any atom is 0.434 e. The number of pyridine rings is 1. The Morgan fingerprint density at radius 3 is 2.24 bits per heavy atom. The molecule has 0 aliphatic rings. The predicted molar refractivity (Wildman–Crippen MR) is 89.4 cm³/mol. The van der Waals surface area contributed by atoms with E-state index in [0.717, 1.165) is 34.7 Å². The van der Waals surface area contributed by atoms with Crippen LogP contribution < -0.4 is 10.3 Å². The minimum absolute atomic E-state index is 0.185. The van der Waals surface area contributed by atoms with Gasteiger partial charge >= 0.3 is 12.4 Å². The van der Waals surface area contributed by atoms with Gasteiger partial charge in [-0.3, -0.25) is 9.20 Å². The van der Waals surface area contributed by atoms with Gasteiger partial charge < -0.3 is 9.84 Å². The van der Waals surface area contributed by atoms with Gasteiger partial charge in [-0.05, 0) is 35.4 Å². The number of benzene rings is 1. The zero-order valence-corrected chi connectivity index (χ0v) is 14.4. The molecule has 29 heavy (non-hydrogen) atoms. The van der Waals surface area contributed by atoms with E-state index < -0.39 is 42.4 Å². The van der Waals surface area contributed by atoms with Crippen LogP contribution in [0.25, 0.3) is 16.8 Å². The normalized spacial score (nSPS) is 12.4. The largest absolute Gasteiger partial charge is 0.484 e. The van der Waals surface area contributed by atoms with Crippen molar-refractivity contribution in [2.24, 2.45) is 0 Å². The van der Waals surface area contributed by atoms with Gasteiger partial charge in [0.25, 0.3) is 5.56 Å².